The van der Waals surface area contributed by atoms with Crippen LogP contribution in [0, 0.1) is 5.41 Å². The van der Waals surface area contributed by atoms with Crippen molar-refractivity contribution in [2.75, 3.05) is 0 Å². The zero-order chi connectivity index (χ0) is 10.1. The van der Waals surface area contributed by atoms with Crippen molar-refractivity contribution in [3.63, 3.8) is 0 Å². The van der Waals surface area contributed by atoms with Crippen LogP contribution in [0.15, 0.2) is 11.0 Å². The topological polar surface area (TPSA) is 63.8 Å². The molecule has 0 aliphatic carbocycles. The second-order valence-electron chi connectivity index (χ2n) is 4.45. The Morgan fingerprint density at radius 3 is 2.54 bits per heavy atom. The highest BCUT2D eigenvalue weighted by molar-refractivity contribution is 5.03. The molecule has 0 saturated carbocycles. The van der Waals surface area contributed by atoms with Crippen molar-refractivity contribution in [2.24, 2.45) is 11.1 Å². The van der Waals surface area contributed by atoms with Gasteiger partial charge in [0.15, 0.2) is 0 Å². The monoisotopic (exact) mass is 183 g/mol. The van der Waals surface area contributed by atoms with Crippen LogP contribution >= 0.6 is 0 Å². The van der Waals surface area contributed by atoms with Crippen LogP contribution in [0.1, 0.15) is 26.3 Å². The lowest BCUT2D eigenvalue weighted by Crippen LogP contribution is -2.26. The first-order chi connectivity index (χ1) is 5.94. The van der Waals surface area contributed by atoms with Crippen LogP contribution in [0.4, 0.5) is 0 Å². The number of aromatic nitrogens is 2. The Labute approximate surface area is 77.7 Å². The normalized spacial score (nSPS) is 12.0. The summed E-state index contributed by atoms with van der Waals surface area (Å²) in [4.78, 5) is 11.5. The number of aromatic amines is 1. The van der Waals surface area contributed by atoms with Gasteiger partial charge in [-0.3, -0.25) is 9.48 Å². The van der Waals surface area contributed by atoms with E-state index in [1.807, 2.05) is 0 Å². The zero-order valence-corrected chi connectivity index (χ0v) is 8.42. The van der Waals surface area contributed by atoms with Crippen LogP contribution in [-0.4, -0.2) is 9.78 Å². The highest BCUT2D eigenvalue weighted by Gasteiger charge is 2.13. The van der Waals surface area contributed by atoms with Gasteiger partial charge >= 0.3 is 0 Å². The first-order valence-corrected chi connectivity index (χ1v) is 4.41. The van der Waals surface area contributed by atoms with E-state index >= 15 is 0 Å². The summed E-state index contributed by atoms with van der Waals surface area (Å²) in [6.07, 6.45) is 1.67. The van der Waals surface area contributed by atoms with Gasteiger partial charge in [-0.1, -0.05) is 20.8 Å². The molecule has 74 valence electrons. The molecule has 1 aromatic heterocycles. The molecule has 4 heteroatoms. The van der Waals surface area contributed by atoms with Crippen LogP contribution in [0.25, 0.3) is 0 Å². The summed E-state index contributed by atoms with van der Waals surface area (Å²) in [6.45, 7) is 7.24. The minimum absolute atomic E-state index is 0.00238. The maximum Gasteiger partial charge on any atom is 0.270 e. The van der Waals surface area contributed by atoms with Crippen LogP contribution in [0.2, 0.25) is 0 Å². The predicted molar refractivity (Wildman–Crippen MR) is 52.4 cm³/mol. The number of hydrogen-bond acceptors (Lipinski definition) is 2. The lowest BCUT2D eigenvalue weighted by atomic mass is 9.97. The molecule has 4 nitrogen and oxygen atoms in total. The molecule has 0 amide bonds. The molecular formula is C9H17N3O. The largest absolute Gasteiger partial charge is 0.326 e. The maximum absolute atomic E-state index is 11.5. The Hall–Kier alpha value is -1.03. The fourth-order valence-electron chi connectivity index (χ4n) is 1.19. The fraction of sp³-hybridized carbons (Fsp3) is 0.667. The minimum atomic E-state index is -0.00238. The Morgan fingerprint density at radius 2 is 2.15 bits per heavy atom. The van der Waals surface area contributed by atoms with Gasteiger partial charge in [-0.15, -0.1) is 0 Å². The molecule has 0 aliphatic heterocycles. The fourth-order valence-corrected chi connectivity index (χ4v) is 1.19. The molecule has 0 radical (unpaired) electrons. The first kappa shape index (κ1) is 10.1. The van der Waals surface area contributed by atoms with Crippen molar-refractivity contribution >= 4 is 0 Å². The van der Waals surface area contributed by atoms with E-state index in [0.29, 0.717) is 18.7 Å². The Kier molecular flexibility index (Phi) is 2.61. The number of hydrogen-bond donors (Lipinski definition) is 2. The summed E-state index contributed by atoms with van der Waals surface area (Å²) < 4.78 is 1.60. The minimum Gasteiger partial charge on any atom is -0.326 e. The third-order valence-corrected chi connectivity index (χ3v) is 1.77. The number of nitrogens with zero attached hydrogens (tertiary/aromatic N) is 1. The van der Waals surface area contributed by atoms with Crippen molar-refractivity contribution in [2.45, 2.75) is 33.9 Å². The Bertz CT molecular complexity index is 329. The van der Waals surface area contributed by atoms with Gasteiger partial charge in [0.25, 0.3) is 5.56 Å². The van der Waals surface area contributed by atoms with Gasteiger partial charge in [-0.05, 0) is 5.41 Å². The summed E-state index contributed by atoms with van der Waals surface area (Å²) in [5, 5.41) is 2.91. The van der Waals surface area contributed by atoms with Crippen molar-refractivity contribution < 1.29 is 0 Å². The molecule has 0 saturated heterocycles. The lowest BCUT2D eigenvalue weighted by molar-refractivity contribution is 0.320. The molecule has 0 unspecified atom stereocenters. The molecule has 0 fully saturated rings. The van der Waals surface area contributed by atoms with Crippen LogP contribution < -0.4 is 11.3 Å². The van der Waals surface area contributed by atoms with E-state index in [-0.39, 0.29) is 11.0 Å². The van der Waals surface area contributed by atoms with Crippen LogP contribution in [0.3, 0.4) is 0 Å². The van der Waals surface area contributed by atoms with Gasteiger partial charge < -0.3 is 10.8 Å². The molecule has 0 bridgehead atoms. The summed E-state index contributed by atoms with van der Waals surface area (Å²) in [5.74, 6) is 0. The van der Waals surface area contributed by atoms with Gasteiger partial charge in [0, 0.05) is 24.8 Å². The van der Waals surface area contributed by atoms with E-state index in [0.717, 1.165) is 0 Å². The number of rotatable bonds is 2. The maximum atomic E-state index is 11.5. The van der Waals surface area contributed by atoms with Gasteiger partial charge in [-0.2, -0.15) is 0 Å². The Balaban J connectivity index is 2.91. The van der Waals surface area contributed by atoms with Crippen LogP contribution in [0.5, 0.6) is 0 Å². The lowest BCUT2D eigenvalue weighted by Gasteiger charge is -2.17. The smallest absolute Gasteiger partial charge is 0.270 e. The molecule has 0 atom stereocenters. The second-order valence-corrected chi connectivity index (χ2v) is 4.45. The van der Waals surface area contributed by atoms with Crippen LogP contribution in [-0.2, 0) is 13.1 Å². The molecular weight excluding hydrogens is 166 g/mol. The van der Waals surface area contributed by atoms with Gasteiger partial charge in [0.2, 0.25) is 0 Å². The summed E-state index contributed by atoms with van der Waals surface area (Å²) in [5.41, 5.74) is 6.13. The van der Waals surface area contributed by atoms with E-state index in [1.165, 1.54) is 0 Å². The average Bonchev–Trinajstić information content (AvgIpc) is 2.30. The van der Waals surface area contributed by atoms with Gasteiger partial charge in [0.1, 0.15) is 0 Å². The quantitative estimate of drug-likeness (QED) is 0.708. The highest BCUT2D eigenvalue weighted by Crippen LogP contribution is 2.14. The Morgan fingerprint density at radius 1 is 1.54 bits per heavy atom. The van der Waals surface area contributed by atoms with Crippen molar-refractivity contribution in [3.05, 3.63) is 22.1 Å². The second kappa shape index (κ2) is 3.38. The summed E-state index contributed by atoms with van der Waals surface area (Å²) in [6, 6.07) is 0. The summed E-state index contributed by atoms with van der Waals surface area (Å²) in [7, 11) is 0. The van der Waals surface area contributed by atoms with Crippen molar-refractivity contribution in [3.8, 4) is 0 Å². The predicted octanol–water partition coefficient (Wildman–Crippen LogP) is 0.681. The number of nitrogens with two attached hydrogens (primary N) is 1. The van der Waals surface area contributed by atoms with E-state index < -0.39 is 0 Å². The zero-order valence-electron chi connectivity index (χ0n) is 8.42. The highest BCUT2D eigenvalue weighted by atomic mass is 16.1. The molecule has 0 aliphatic rings. The number of nitrogens with one attached hydrogen (secondary N) is 1. The van der Waals surface area contributed by atoms with Gasteiger partial charge in [0.05, 0.1) is 0 Å². The molecule has 3 N–H and O–H groups in total. The standard InChI is InChI=1S/C9H17N3O/c1-9(2,3)6-12-8(13)7(4-10)5-11-12/h5,11H,4,6,10H2,1-3H3. The average molecular weight is 183 g/mol. The molecule has 1 rings (SSSR count). The molecule has 0 aromatic carbocycles. The van der Waals surface area contributed by atoms with E-state index in [1.54, 1.807) is 10.9 Å². The SMILES string of the molecule is CC(C)(C)Cn1[nH]cc(CN)c1=O. The first-order valence-electron chi connectivity index (χ1n) is 4.41. The third kappa shape index (κ3) is 2.45. The van der Waals surface area contributed by atoms with Gasteiger partial charge in [-0.25, -0.2) is 0 Å². The van der Waals surface area contributed by atoms with Crippen molar-refractivity contribution in [1.82, 2.24) is 9.78 Å². The molecule has 0 spiro atoms. The van der Waals surface area contributed by atoms with E-state index in [2.05, 4.69) is 25.9 Å². The van der Waals surface area contributed by atoms with Crippen molar-refractivity contribution in [1.29, 1.82) is 0 Å². The van der Waals surface area contributed by atoms with E-state index in [4.69, 9.17) is 5.73 Å². The molecule has 1 heterocycles. The number of H-pyrrole nitrogens is 1. The summed E-state index contributed by atoms with van der Waals surface area (Å²) >= 11 is 0. The van der Waals surface area contributed by atoms with E-state index in [9.17, 15) is 4.79 Å². The molecule has 1 aromatic rings. The third-order valence-electron chi connectivity index (χ3n) is 1.77. The molecule has 13 heavy (non-hydrogen) atoms.